The van der Waals surface area contributed by atoms with Crippen molar-refractivity contribution >= 4 is 51.0 Å². The Hall–Kier alpha value is -3.79. The molecule has 0 radical (unpaired) electrons. The molecular weight excluding hydrogens is 454 g/mol. The Kier molecular flexibility index (Phi) is 5.62. The summed E-state index contributed by atoms with van der Waals surface area (Å²) in [5, 5.41) is 7.28. The van der Waals surface area contributed by atoms with Crippen molar-refractivity contribution in [1.29, 1.82) is 0 Å². The third-order valence-corrected chi connectivity index (χ3v) is 5.64. The molecule has 2 heterocycles. The number of anilines is 1. The zero-order valence-electron chi connectivity index (χ0n) is 17.9. The Balaban J connectivity index is 1.82. The molecule has 2 amide bonds. The number of fused-ring (bicyclic) bond motifs is 3. The molecule has 0 saturated heterocycles. The number of aryl methyl sites for hydroxylation is 1. The van der Waals surface area contributed by atoms with Crippen LogP contribution in [0.15, 0.2) is 36.5 Å². The maximum absolute atomic E-state index is 14.4. The summed E-state index contributed by atoms with van der Waals surface area (Å²) in [5.74, 6) is -2.69. The molecule has 11 heteroatoms. The van der Waals surface area contributed by atoms with Gasteiger partial charge in [-0.3, -0.25) is 19.3 Å². The number of rotatable bonds is 3. The predicted octanol–water partition coefficient (Wildman–Crippen LogP) is 3.67. The molecule has 170 valence electrons. The van der Waals surface area contributed by atoms with Gasteiger partial charge in [0.1, 0.15) is 17.5 Å². The first-order chi connectivity index (χ1) is 15.6. The van der Waals surface area contributed by atoms with Crippen molar-refractivity contribution in [3.05, 3.63) is 64.3 Å². The number of amides is 2. The van der Waals surface area contributed by atoms with Gasteiger partial charge in [-0.15, -0.1) is 0 Å². The van der Waals surface area contributed by atoms with E-state index < -0.39 is 35.6 Å². The third-order valence-electron chi connectivity index (χ3n) is 5.42. The van der Waals surface area contributed by atoms with Crippen molar-refractivity contribution in [2.24, 2.45) is 7.05 Å². The molecule has 2 aromatic carbocycles. The van der Waals surface area contributed by atoms with Crippen LogP contribution >= 0.6 is 11.6 Å². The van der Waals surface area contributed by atoms with E-state index in [1.54, 1.807) is 30.1 Å². The zero-order chi connectivity index (χ0) is 24.0. The predicted molar refractivity (Wildman–Crippen MR) is 120 cm³/mol. The number of nitrogens with two attached hydrogens (primary N) is 1. The number of carbonyl (C=O) groups excluding carboxylic acids is 2. The van der Waals surface area contributed by atoms with Crippen molar-refractivity contribution in [3.63, 3.8) is 0 Å². The van der Waals surface area contributed by atoms with Gasteiger partial charge in [-0.25, -0.2) is 18.8 Å². The molecule has 33 heavy (non-hydrogen) atoms. The van der Waals surface area contributed by atoms with Crippen LogP contribution in [0.25, 0.3) is 21.8 Å². The van der Waals surface area contributed by atoms with E-state index in [-0.39, 0.29) is 10.6 Å². The molecule has 2 N–H and O–H groups in total. The van der Waals surface area contributed by atoms with Gasteiger partial charge in [0.05, 0.1) is 29.2 Å². The van der Waals surface area contributed by atoms with Gasteiger partial charge in [0.15, 0.2) is 0 Å². The van der Waals surface area contributed by atoms with E-state index in [0.29, 0.717) is 27.6 Å². The molecular formula is C22H19ClF2N6O2. The van der Waals surface area contributed by atoms with Crippen LogP contribution in [0.4, 0.5) is 14.6 Å². The quantitative estimate of drug-likeness (QED) is 0.459. The molecule has 0 aliphatic rings. The minimum Gasteiger partial charge on any atom is -0.383 e. The van der Waals surface area contributed by atoms with Crippen molar-refractivity contribution in [1.82, 2.24) is 24.8 Å². The van der Waals surface area contributed by atoms with E-state index in [1.165, 1.54) is 20.0 Å². The Morgan fingerprint density at radius 3 is 2.45 bits per heavy atom. The normalized spacial score (nSPS) is 11.2. The lowest BCUT2D eigenvalue weighted by Crippen LogP contribution is -2.46. The second-order valence-corrected chi connectivity index (χ2v) is 7.95. The number of halogens is 3. The first-order valence-electron chi connectivity index (χ1n) is 9.79. The molecule has 4 aromatic rings. The molecule has 4 rings (SSSR count). The van der Waals surface area contributed by atoms with Gasteiger partial charge in [0.25, 0.3) is 5.91 Å². The summed E-state index contributed by atoms with van der Waals surface area (Å²) in [4.78, 5) is 29.9. The third kappa shape index (κ3) is 3.93. The second kappa shape index (κ2) is 8.28. The SMILES string of the molecule is CC(=O)N(C)N(Cc1c(F)cc(Cl)cc1F)C(=O)c1ccc2nc(N)c3cnn(C)c3c2c1. The number of hydrazine groups is 1. The van der Waals surface area contributed by atoms with E-state index in [9.17, 15) is 18.4 Å². The van der Waals surface area contributed by atoms with Crippen molar-refractivity contribution in [2.45, 2.75) is 13.5 Å². The molecule has 0 fully saturated rings. The Morgan fingerprint density at radius 2 is 1.82 bits per heavy atom. The van der Waals surface area contributed by atoms with Crippen LogP contribution in [0, 0.1) is 11.6 Å². The van der Waals surface area contributed by atoms with Crippen molar-refractivity contribution in [3.8, 4) is 0 Å². The molecule has 8 nitrogen and oxygen atoms in total. The summed E-state index contributed by atoms with van der Waals surface area (Å²) in [6.07, 6.45) is 1.58. The minimum atomic E-state index is -0.926. The highest BCUT2D eigenvalue weighted by Crippen LogP contribution is 2.29. The summed E-state index contributed by atoms with van der Waals surface area (Å²) < 4.78 is 30.5. The van der Waals surface area contributed by atoms with Crippen LogP contribution < -0.4 is 5.73 Å². The lowest BCUT2D eigenvalue weighted by molar-refractivity contribution is -0.140. The maximum Gasteiger partial charge on any atom is 0.272 e. The maximum atomic E-state index is 14.4. The fourth-order valence-electron chi connectivity index (χ4n) is 3.60. The molecule has 0 atom stereocenters. The molecule has 0 bridgehead atoms. The van der Waals surface area contributed by atoms with Crippen LogP contribution in [0.2, 0.25) is 5.02 Å². The average molecular weight is 473 g/mol. The van der Waals surface area contributed by atoms with E-state index >= 15 is 0 Å². The largest absolute Gasteiger partial charge is 0.383 e. The number of nitrogens with zero attached hydrogens (tertiary/aromatic N) is 5. The van der Waals surface area contributed by atoms with E-state index in [4.69, 9.17) is 17.3 Å². The first-order valence-corrected chi connectivity index (χ1v) is 10.2. The van der Waals surface area contributed by atoms with E-state index in [2.05, 4.69) is 10.1 Å². The van der Waals surface area contributed by atoms with Gasteiger partial charge in [-0.1, -0.05) is 11.6 Å². The highest BCUT2D eigenvalue weighted by Gasteiger charge is 2.26. The summed E-state index contributed by atoms with van der Waals surface area (Å²) in [5.41, 5.74) is 7.01. The summed E-state index contributed by atoms with van der Waals surface area (Å²) in [6.45, 7) is 0.712. The second-order valence-electron chi connectivity index (χ2n) is 7.51. The van der Waals surface area contributed by atoms with Crippen molar-refractivity contribution in [2.75, 3.05) is 12.8 Å². The number of pyridine rings is 1. The molecule has 0 spiro atoms. The Labute approximate surface area is 192 Å². The number of carbonyl (C=O) groups is 2. The zero-order valence-corrected chi connectivity index (χ0v) is 18.7. The van der Waals surface area contributed by atoms with Gasteiger partial charge in [-0.2, -0.15) is 5.10 Å². The topological polar surface area (TPSA) is 97.3 Å². The number of hydrogen-bond acceptors (Lipinski definition) is 5. The number of aromatic nitrogens is 3. The van der Waals surface area contributed by atoms with Gasteiger partial charge in [0, 0.05) is 42.6 Å². The lowest BCUT2D eigenvalue weighted by Gasteiger charge is -2.31. The van der Waals surface area contributed by atoms with Gasteiger partial charge >= 0.3 is 0 Å². The highest BCUT2D eigenvalue weighted by molar-refractivity contribution is 6.30. The van der Waals surface area contributed by atoms with Crippen molar-refractivity contribution < 1.29 is 18.4 Å². The van der Waals surface area contributed by atoms with Crippen LogP contribution in [0.3, 0.4) is 0 Å². The fraction of sp³-hybridized carbons (Fsp3) is 0.182. The molecule has 0 unspecified atom stereocenters. The number of hydrogen-bond donors (Lipinski definition) is 1. The number of nitrogen functional groups attached to an aromatic ring is 1. The van der Waals surface area contributed by atoms with Crippen LogP contribution in [0.1, 0.15) is 22.8 Å². The molecule has 0 saturated carbocycles. The summed E-state index contributed by atoms with van der Waals surface area (Å²) in [7, 11) is 3.08. The van der Waals surface area contributed by atoms with Gasteiger partial charge < -0.3 is 5.73 Å². The van der Waals surface area contributed by atoms with Gasteiger partial charge in [0.2, 0.25) is 5.91 Å². The Bertz CT molecular complexity index is 1410. The van der Waals surface area contributed by atoms with Crippen LogP contribution in [-0.4, -0.2) is 43.6 Å². The first kappa shape index (κ1) is 22.4. The minimum absolute atomic E-state index is 0.118. The lowest BCUT2D eigenvalue weighted by atomic mass is 10.1. The average Bonchev–Trinajstić information content (AvgIpc) is 3.15. The smallest absolute Gasteiger partial charge is 0.272 e. The number of benzene rings is 2. The monoisotopic (exact) mass is 472 g/mol. The summed E-state index contributed by atoms with van der Waals surface area (Å²) in [6, 6.07) is 6.60. The standard InChI is InChI=1S/C22H19ClF2N6O2/c1-11(32)30(3)31(10-16-17(24)7-13(23)8-18(16)25)22(33)12-4-5-19-14(6-12)20-15(21(26)28-19)9-27-29(20)2/h4-9H,10H2,1-3H3,(H2,26,28). The molecule has 0 aliphatic heterocycles. The van der Waals surface area contributed by atoms with Gasteiger partial charge in [-0.05, 0) is 30.3 Å². The summed E-state index contributed by atoms with van der Waals surface area (Å²) >= 11 is 5.70. The highest BCUT2D eigenvalue weighted by atomic mass is 35.5. The van der Waals surface area contributed by atoms with E-state index in [0.717, 1.165) is 22.2 Å². The fourth-order valence-corrected chi connectivity index (χ4v) is 3.79. The molecule has 2 aromatic heterocycles. The Morgan fingerprint density at radius 1 is 1.15 bits per heavy atom. The molecule has 0 aliphatic carbocycles. The van der Waals surface area contributed by atoms with E-state index in [1.807, 2.05) is 0 Å². The van der Waals surface area contributed by atoms with Crippen LogP contribution in [-0.2, 0) is 18.4 Å². The van der Waals surface area contributed by atoms with Crippen LogP contribution in [0.5, 0.6) is 0 Å².